The summed E-state index contributed by atoms with van der Waals surface area (Å²) in [4.78, 5) is 23.3. The van der Waals surface area contributed by atoms with E-state index in [4.69, 9.17) is 4.74 Å². The minimum absolute atomic E-state index is 0.0809. The minimum Gasteiger partial charge on any atom is -0.496 e. The molecule has 4 heteroatoms. The van der Waals surface area contributed by atoms with E-state index in [1.807, 2.05) is 18.2 Å². The predicted molar refractivity (Wildman–Crippen MR) is 65.5 cm³/mol. The monoisotopic (exact) mass is 248 g/mol. The maximum Gasteiger partial charge on any atom is 0.306 e. The predicted octanol–water partition coefficient (Wildman–Crippen LogP) is 1.54. The molecule has 0 aromatic heterocycles. The molecule has 1 aromatic rings. The van der Waals surface area contributed by atoms with Gasteiger partial charge in [-0.15, -0.1) is 0 Å². The second kappa shape index (κ2) is 5.21. The molecule has 96 valence electrons. The van der Waals surface area contributed by atoms with Crippen molar-refractivity contribution in [2.45, 2.75) is 19.3 Å². The van der Waals surface area contributed by atoms with Gasteiger partial charge in [-0.05, 0) is 18.1 Å². The van der Waals surface area contributed by atoms with E-state index in [0.29, 0.717) is 12.8 Å². The van der Waals surface area contributed by atoms with Gasteiger partial charge in [0.25, 0.3) is 0 Å². The van der Waals surface area contributed by atoms with Crippen LogP contribution >= 0.6 is 0 Å². The molecule has 1 aliphatic rings. The van der Waals surface area contributed by atoms with Crippen molar-refractivity contribution in [1.82, 2.24) is 0 Å². The van der Waals surface area contributed by atoms with Gasteiger partial charge in [0.05, 0.1) is 20.6 Å². The first kappa shape index (κ1) is 12.6. The molecule has 0 N–H and O–H groups in total. The lowest BCUT2D eigenvalue weighted by molar-refractivity contribution is -0.143. The van der Waals surface area contributed by atoms with E-state index in [2.05, 4.69) is 4.74 Å². The third kappa shape index (κ3) is 2.37. The van der Waals surface area contributed by atoms with Crippen molar-refractivity contribution in [2.24, 2.45) is 5.92 Å². The number of hydrogen-bond donors (Lipinski definition) is 0. The molecule has 18 heavy (non-hydrogen) atoms. The number of carbonyl (C=O) groups excluding carboxylic acids is 2. The molecule has 0 saturated heterocycles. The highest BCUT2D eigenvalue weighted by Crippen LogP contribution is 2.31. The van der Waals surface area contributed by atoms with Crippen LogP contribution in [0.15, 0.2) is 18.2 Å². The Kier molecular flexibility index (Phi) is 3.65. The molecule has 0 unspecified atom stereocenters. The van der Waals surface area contributed by atoms with Crippen LogP contribution in [0.2, 0.25) is 0 Å². The van der Waals surface area contributed by atoms with E-state index < -0.39 is 0 Å². The summed E-state index contributed by atoms with van der Waals surface area (Å²) in [5, 5.41) is 0. The van der Waals surface area contributed by atoms with Crippen molar-refractivity contribution in [3.63, 3.8) is 0 Å². The Labute approximate surface area is 106 Å². The van der Waals surface area contributed by atoms with Gasteiger partial charge in [0.1, 0.15) is 11.5 Å². The second-order valence-corrected chi connectivity index (χ2v) is 4.42. The number of methoxy groups -OCH3 is 2. The minimum atomic E-state index is -0.334. The molecule has 0 heterocycles. The zero-order valence-electron chi connectivity index (χ0n) is 10.6. The Morgan fingerprint density at radius 1 is 1.39 bits per heavy atom. The largest absolute Gasteiger partial charge is 0.496 e. The first-order valence-corrected chi connectivity index (χ1v) is 5.90. The Bertz CT molecular complexity index is 479. The van der Waals surface area contributed by atoms with Crippen molar-refractivity contribution >= 4 is 11.8 Å². The first-order chi connectivity index (χ1) is 8.65. The van der Waals surface area contributed by atoms with E-state index in [1.54, 1.807) is 7.11 Å². The van der Waals surface area contributed by atoms with Crippen LogP contribution in [0.3, 0.4) is 0 Å². The smallest absolute Gasteiger partial charge is 0.306 e. The molecule has 4 nitrogen and oxygen atoms in total. The number of carbonyl (C=O) groups is 2. The maximum atomic E-state index is 12.0. The molecule has 0 spiro atoms. The first-order valence-electron chi connectivity index (χ1n) is 5.90. The molecule has 0 amide bonds. The van der Waals surface area contributed by atoms with Crippen molar-refractivity contribution in [1.29, 1.82) is 0 Å². The van der Waals surface area contributed by atoms with Gasteiger partial charge in [0, 0.05) is 17.9 Å². The zero-order chi connectivity index (χ0) is 13.1. The lowest BCUT2D eigenvalue weighted by Crippen LogP contribution is -2.28. The number of hydrogen-bond acceptors (Lipinski definition) is 4. The second-order valence-electron chi connectivity index (χ2n) is 4.42. The quantitative estimate of drug-likeness (QED) is 0.761. The molecular weight excluding hydrogens is 232 g/mol. The van der Waals surface area contributed by atoms with Gasteiger partial charge in [-0.25, -0.2) is 0 Å². The topological polar surface area (TPSA) is 52.6 Å². The van der Waals surface area contributed by atoms with E-state index >= 15 is 0 Å². The third-order valence-electron chi connectivity index (χ3n) is 3.36. The van der Waals surface area contributed by atoms with Crippen LogP contribution in [0.5, 0.6) is 5.75 Å². The molecule has 0 bridgehead atoms. The van der Waals surface area contributed by atoms with Gasteiger partial charge in [-0.1, -0.05) is 12.1 Å². The summed E-state index contributed by atoms with van der Waals surface area (Å²) in [6.45, 7) is 0. The highest BCUT2D eigenvalue weighted by atomic mass is 16.5. The van der Waals surface area contributed by atoms with Crippen LogP contribution in [0.4, 0.5) is 0 Å². The fraction of sp³-hybridized carbons (Fsp3) is 0.429. The lowest BCUT2D eigenvalue weighted by atomic mass is 9.81. The Morgan fingerprint density at radius 3 is 2.83 bits per heavy atom. The van der Waals surface area contributed by atoms with Crippen molar-refractivity contribution in [3.8, 4) is 5.75 Å². The Balaban J connectivity index is 2.23. The average molecular weight is 248 g/mol. The third-order valence-corrected chi connectivity index (χ3v) is 3.36. The van der Waals surface area contributed by atoms with Gasteiger partial charge >= 0.3 is 5.97 Å². The molecule has 1 atom stereocenters. The molecule has 0 fully saturated rings. The van der Waals surface area contributed by atoms with Gasteiger partial charge < -0.3 is 9.47 Å². The molecule has 0 saturated carbocycles. The summed E-state index contributed by atoms with van der Waals surface area (Å²) in [6, 6.07) is 5.74. The number of benzene rings is 1. The summed E-state index contributed by atoms with van der Waals surface area (Å²) < 4.78 is 9.87. The molecule has 0 aliphatic heterocycles. The highest BCUT2D eigenvalue weighted by Gasteiger charge is 2.30. The zero-order valence-corrected chi connectivity index (χ0v) is 10.6. The van der Waals surface area contributed by atoms with E-state index in [9.17, 15) is 9.59 Å². The summed E-state index contributed by atoms with van der Waals surface area (Å²) in [6.07, 6.45) is 1.08. The number of Topliss-reactive ketones (excluding diaryl/α,β-unsaturated/α-hetero) is 1. The highest BCUT2D eigenvalue weighted by molar-refractivity contribution is 5.89. The number of esters is 1. The van der Waals surface area contributed by atoms with Gasteiger partial charge in [-0.3, -0.25) is 9.59 Å². The van der Waals surface area contributed by atoms with Crippen LogP contribution in [-0.4, -0.2) is 26.0 Å². The normalized spacial score (nSPS) is 18.1. The van der Waals surface area contributed by atoms with Gasteiger partial charge in [0.2, 0.25) is 0 Å². The SMILES string of the molecule is COC(=O)C[C@H]1Cc2cccc(OC)c2CC1=O. The van der Waals surface area contributed by atoms with Crippen LogP contribution in [0.1, 0.15) is 17.5 Å². The van der Waals surface area contributed by atoms with Crippen LogP contribution < -0.4 is 4.74 Å². The van der Waals surface area contributed by atoms with Crippen LogP contribution in [0.25, 0.3) is 0 Å². The number of ketones is 1. The molecule has 1 aromatic carbocycles. The molecule has 2 rings (SSSR count). The van der Waals surface area contributed by atoms with Crippen LogP contribution in [0, 0.1) is 5.92 Å². The molecule has 0 radical (unpaired) electrons. The summed E-state index contributed by atoms with van der Waals surface area (Å²) in [5.41, 5.74) is 2.04. The number of fused-ring (bicyclic) bond motifs is 1. The lowest BCUT2D eigenvalue weighted by Gasteiger charge is -2.24. The fourth-order valence-electron chi connectivity index (χ4n) is 2.36. The van der Waals surface area contributed by atoms with E-state index in [0.717, 1.165) is 16.9 Å². The summed E-state index contributed by atoms with van der Waals surface area (Å²) in [5.74, 6) is 0.228. The number of ether oxygens (including phenoxy) is 2. The van der Waals surface area contributed by atoms with Crippen molar-refractivity contribution in [2.75, 3.05) is 14.2 Å². The van der Waals surface area contributed by atoms with Gasteiger partial charge in [0.15, 0.2) is 0 Å². The number of rotatable bonds is 3. The van der Waals surface area contributed by atoms with Gasteiger partial charge in [-0.2, -0.15) is 0 Å². The van der Waals surface area contributed by atoms with E-state index in [-0.39, 0.29) is 24.1 Å². The van der Waals surface area contributed by atoms with Crippen LogP contribution in [-0.2, 0) is 27.2 Å². The molecule has 1 aliphatic carbocycles. The van der Waals surface area contributed by atoms with Crippen molar-refractivity contribution < 1.29 is 19.1 Å². The fourth-order valence-corrected chi connectivity index (χ4v) is 2.36. The Hall–Kier alpha value is -1.84. The Morgan fingerprint density at radius 2 is 2.17 bits per heavy atom. The maximum absolute atomic E-state index is 12.0. The van der Waals surface area contributed by atoms with Crippen molar-refractivity contribution in [3.05, 3.63) is 29.3 Å². The standard InChI is InChI=1S/C14H16O4/c1-17-13-5-3-4-9-6-10(7-14(16)18-2)12(15)8-11(9)13/h3-5,10H,6-8H2,1-2H3/t10-/m1/s1. The average Bonchev–Trinajstić information content (AvgIpc) is 2.38. The van der Waals surface area contributed by atoms with E-state index in [1.165, 1.54) is 7.11 Å². The summed E-state index contributed by atoms with van der Waals surface area (Å²) in [7, 11) is 2.94. The summed E-state index contributed by atoms with van der Waals surface area (Å²) >= 11 is 0. The molecular formula is C14H16O4.